The van der Waals surface area contributed by atoms with Gasteiger partial charge in [-0.15, -0.1) is 0 Å². The third-order valence-electron chi connectivity index (χ3n) is 2.99. The zero-order valence-corrected chi connectivity index (χ0v) is 12.5. The van der Waals surface area contributed by atoms with Crippen molar-refractivity contribution in [3.05, 3.63) is 28.2 Å². The first-order valence-electron chi connectivity index (χ1n) is 6.15. The molecule has 6 heteroatoms. The number of benzene rings is 1. The SMILES string of the molecule is COc1ccc(Br)cc1CN=C(N)N1CCOCC1. The molecule has 0 aromatic heterocycles. The zero-order chi connectivity index (χ0) is 13.7. The summed E-state index contributed by atoms with van der Waals surface area (Å²) in [6.45, 7) is 3.51. The van der Waals surface area contributed by atoms with Gasteiger partial charge in [-0.05, 0) is 18.2 Å². The Morgan fingerprint density at radius 2 is 2.21 bits per heavy atom. The van der Waals surface area contributed by atoms with E-state index in [1.54, 1.807) is 7.11 Å². The van der Waals surface area contributed by atoms with Gasteiger partial charge in [0.1, 0.15) is 5.75 Å². The van der Waals surface area contributed by atoms with Crippen molar-refractivity contribution in [1.82, 2.24) is 4.90 Å². The van der Waals surface area contributed by atoms with Crippen molar-refractivity contribution in [1.29, 1.82) is 0 Å². The number of hydrogen-bond acceptors (Lipinski definition) is 3. The largest absolute Gasteiger partial charge is 0.496 e. The van der Waals surface area contributed by atoms with Crippen LogP contribution in [-0.4, -0.2) is 44.3 Å². The molecule has 1 fully saturated rings. The number of hydrogen-bond donors (Lipinski definition) is 1. The molecular weight excluding hydrogens is 310 g/mol. The Labute approximate surface area is 121 Å². The van der Waals surface area contributed by atoms with Crippen LogP contribution in [-0.2, 0) is 11.3 Å². The molecule has 0 bridgehead atoms. The normalized spacial score (nSPS) is 16.5. The Balaban J connectivity index is 2.05. The Morgan fingerprint density at radius 1 is 1.47 bits per heavy atom. The number of aliphatic imine (C=N–C) groups is 1. The molecule has 0 saturated carbocycles. The van der Waals surface area contributed by atoms with Gasteiger partial charge < -0.3 is 20.1 Å². The minimum Gasteiger partial charge on any atom is -0.496 e. The van der Waals surface area contributed by atoms with E-state index in [0.29, 0.717) is 25.7 Å². The van der Waals surface area contributed by atoms with Crippen molar-refractivity contribution >= 4 is 21.9 Å². The highest BCUT2D eigenvalue weighted by Gasteiger charge is 2.12. The first-order chi connectivity index (χ1) is 9.20. The fourth-order valence-electron chi connectivity index (χ4n) is 1.93. The van der Waals surface area contributed by atoms with Gasteiger partial charge in [-0.3, -0.25) is 0 Å². The molecule has 1 saturated heterocycles. The number of rotatable bonds is 3. The van der Waals surface area contributed by atoms with Crippen molar-refractivity contribution in [2.45, 2.75) is 6.54 Å². The quantitative estimate of drug-likeness (QED) is 0.676. The van der Waals surface area contributed by atoms with E-state index in [1.807, 2.05) is 23.1 Å². The highest BCUT2D eigenvalue weighted by Crippen LogP contribution is 2.23. The fourth-order valence-corrected chi connectivity index (χ4v) is 2.34. The smallest absolute Gasteiger partial charge is 0.191 e. The third-order valence-corrected chi connectivity index (χ3v) is 3.48. The second-order valence-electron chi connectivity index (χ2n) is 4.23. The van der Waals surface area contributed by atoms with Gasteiger partial charge in [0.25, 0.3) is 0 Å². The van der Waals surface area contributed by atoms with Crippen molar-refractivity contribution in [3.63, 3.8) is 0 Å². The summed E-state index contributed by atoms with van der Waals surface area (Å²) in [7, 11) is 1.65. The van der Waals surface area contributed by atoms with E-state index in [-0.39, 0.29) is 0 Å². The molecular formula is C13H18BrN3O2. The fraction of sp³-hybridized carbons (Fsp3) is 0.462. The van der Waals surface area contributed by atoms with E-state index >= 15 is 0 Å². The molecule has 5 nitrogen and oxygen atoms in total. The van der Waals surface area contributed by atoms with Gasteiger partial charge in [-0.2, -0.15) is 0 Å². The number of morpholine rings is 1. The Hall–Kier alpha value is -1.27. The number of methoxy groups -OCH3 is 1. The minimum atomic E-state index is 0.506. The van der Waals surface area contributed by atoms with Crippen LogP contribution in [0.4, 0.5) is 0 Å². The van der Waals surface area contributed by atoms with Crippen LogP contribution in [0.15, 0.2) is 27.7 Å². The summed E-state index contributed by atoms with van der Waals surface area (Å²) >= 11 is 3.45. The summed E-state index contributed by atoms with van der Waals surface area (Å²) in [4.78, 5) is 6.47. The Morgan fingerprint density at radius 3 is 2.89 bits per heavy atom. The van der Waals surface area contributed by atoms with Crippen LogP contribution in [0.2, 0.25) is 0 Å². The second kappa shape index (κ2) is 6.77. The molecule has 0 atom stereocenters. The molecule has 0 radical (unpaired) electrons. The lowest BCUT2D eigenvalue weighted by molar-refractivity contribution is 0.0674. The highest BCUT2D eigenvalue weighted by molar-refractivity contribution is 9.10. The van der Waals surface area contributed by atoms with Crippen LogP contribution in [0.3, 0.4) is 0 Å². The lowest BCUT2D eigenvalue weighted by Gasteiger charge is -2.27. The summed E-state index contributed by atoms with van der Waals surface area (Å²) in [6, 6.07) is 5.85. The van der Waals surface area contributed by atoms with E-state index in [9.17, 15) is 0 Å². The molecule has 104 valence electrons. The summed E-state index contributed by atoms with van der Waals surface area (Å²) in [5.74, 6) is 1.38. The van der Waals surface area contributed by atoms with Crippen molar-refractivity contribution in [3.8, 4) is 5.75 Å². The second-order valence-corrected chi connectivity index (χ2v) is 5.15. The standard InChI is InChI=1S/C13H18BrN3O2/c1-18-12-3-2-11(14)8-10(12)9-16-13(15)17-4-6-19-7-5-17/h2-3,8H,4-7,9H2,1H3,(H2,15,16). The van der Waals surface area contributed by atoms with Gasteiger partial charge >= 0.3 is 0 Å². The van der Waals surface area contributed by atoms with E-state index < -0.39 is 0 Å². The van der Waals surface area contributed by atoms with Crippen molar-refractivity contribution < 1.29 is 9.47 Å². The van der Waals surface area contributed by atoms with Crippen LogP contribution >= 0.6 is 15.9 Å². The number of guanidine groups is 1. The van der Waals surface area contributed by atoms with Gasteiger partial charge in [0.15, 0.2) is 5.96 Å². The molecule has 2 N–H and O–H groups in total. The lowest BCUT2D eigenvalue weighted by Crippen LogP contribution is -2.44. The number of nitrogens with two attached hydrogens (primary N) is 1. The van der Waals surface area contributed by atoms with Gasteiger partial charge in [0.2, 0.25) is 0 Å². The molecule has 0 spiro atoms. The number of nitrogens with zero attached hydrogens (tertiary/aromatic N) is 2. The van der Waals surface area contributed by atoms with Crippen LogP contribution in [0.1, 0.15) is 5.56 Å². The number of ether oxygens (including phenoxy) is 2. The molecule has 0 aliphatic carbocycles. The van der Waals surface area contributed by atoms with Gasteiger partial charge in [0, 0.05) is 23.1 Å². The van der Waals surface area contributed by atoms with Gasteiger partial charge in [-0.1, -0.05) is 15.9 Å². The maximum Gasteiger partial charge on any atom is 0.191 e. The van der Waals surface area contributed by atoms with E-state index in [1.165, 1.54) is 0 Å². The van der Waals surface area contributed by atoms with Gasteiger partial charge in [0.05, 0.1) is 26.9 Å². The van der Waals surface area contributed by atoms with E-state index in [0.717, 1.165) is 28.9 Å². The first kappa shape index (κ1) is 14.1. The zero-order valence-electron chi connectivity index (χ0n) is 10.9. The summed E-state index contributed by atoms with van der Waals surface area (Å²) in [5, 5.41) is 0. The molecule has 2 rings (SSSR count). The topological polar surface area (TPSA) is 60.1 Å². The first-order valence-corrected chi connectivity index (χ1v) is 6.95. The highest BCUT2D eigenvalue weighted by atomic mass is 79.9. The molecule has 0 unspecified atom stereocenters. The lowest BCUT2D eigenvalue weighted by atomic mass is 10.2. The molecule has 1 aromatic carbocycles. The monoisotopic (exact) mass is 327 g/mol. The summed E-state index contributed by atoms with van der Waals surface area (Å²) < 4.78 is 11.6. The number of halogens is 1. The molecule has 1 heterocycles. The molecule has 0 amide bonds. The molecule has 1 aliphatic heterocycles. The van der Waals surface area contributed by atoms with Crippen LogP contribution < -0.4 is 10.5 Å². The van der Waals surface area contributed by atoms with Crippen molar-refractivity contribution in [2.75, 3.05) is 33.4 Å². The van der Waals surface area contributed by atoms with Crippen LogP contribution in [0.25, 0.3) is 0 Å². The average molecular weight is 328 g/mol. The minimum absolute atomic E-state index is 0.506. The molecule has 19 heavy (non-hydrogen) atoms. The van der Waals surface area contributed by atoms with Crippen LogP contribution in [0, 0.1) is 0 Å². The van der Waals surface area contributed by atoms with Crippen LogP contribution in [0.5, 0.6) is 5.75 Å². The summed E-state index contributed by atoms with van der Waals surface area (Å²) in [5.41, 5.74) is 7.00. The molecule has 1 aliphatic rings. The average Bonchev–Trinajstić information content (AvgIpc) is 2.46. The summed E-state index contributed by atoms with van der Waals surface area (Å²) in [6.07, 6.45) is 0. The maximum atomic E-state index is 5.99. The van der Waals surface area contributed by atoms with E-state index in [4.69, 9.17) is 15.2 Å². The third kappa shape index (κ3) is 3.84. The Kier molecular flexibility index (Phi) is 5.04. The predicted molar refractivity (Wildman–Crippen MR) is 78.4 cm³/mol. The van der Waals surface area contributed by atoms with Crippen molar-refractivity contribution in [2.24, 2.45) is 10.7 Å². The van der Waals surface area contributed by atoms with E-state index in [2.05, 4.69) is 20.9 Å². The maximum absolute atomic E-state index is 5.99. The predicted octanol–water partition coefficient (Wildman–Crippen LogP) is 1.60. The molecule has 1 aromatic rings. The Bertz CT molecular complexity index is 459. The van der Waals surface area contributed by atoms with Gasteiger partial charge in [-0.25, -0.2) is 4.99 Å².